The van der Waals surface area contributed by atoms with E-state index in [2.05, 4.69) is 0 Å². The van der Waals surface area contributed by atoms with Crippen molar-refractivity contribution in [2.45, 2.75) is 18.4 Å². The van der Waals surface area contributed by atoms with E-state index in [0.29, 0.717) is 25.2 Å². The third kappa shape index (κ3) is 4.43. The van der Waals surface area contributed by atoms with Gasteiger partial charge in [-0.15, -0.1) is 11.3 Å². The first-order valence-corrected chi connectivity index (χ1v) is 11.2. The second kappa shape index (κ2) is 8.42. The summed E-state index contributed by atoms with van der Waals surface area (Å²) >= 11 is 1.57. The number of carbonyl (C=O) groups is 2. The van der Waals surface area contributed by atoms with Gasteiger partial charge in [-0.2, -0.15) is 4.31 Å². The third-order valence-electron chi connectivity index (χ3n) is 4.72. The molecule has 1 aliphatic heterocycles. The molecule has 0 unspecified atom stereocenters. The van der Waals surface area contributed by atoms with E-state index in [0.717, 1.165) is 4.88 Å². The van der Waals surface area contributed by atoms with Gasteiger partial charge in [0.2, 0.25) is 15.9 Å². The average Bonchev–Trinajstić information content (AvgIpc) is 3.20. The summed E-state index contributed by atoms with van der Waals surface area (Å²) in [6.45, 7) is 3.19. The molecule has 2 aromatic rings. The number of hydrogen-bond donors (Lipinski definition) is 0. The van der Waals surface area contributed by atoms with E-state index < -0.39 is 10.0 Å². The molecule has 1 saturated heterocycles. The molecule has 0 atom stereocenters. The predicted molar refractivity (Wildman–Crippen MR) is 108 cm³/mol. The van der Waals surface area contributed by atoms with Gasteiger partial charge in [0.15, 0.2) is 0 Å². The maximum atomic E-state index is 13.0. The molecule has 1 aliphatic rings. The molecule has 1 aromatic carbocycles. The predicted octanol–water partition coefficient (Wildman–Crippen LogP) is 1.87. The Bertz CT molecular complexity index is 949. The molecule has 0 spiro atoms. The smallest absolute Gasteiger partial charge is 0.253 e. The van der Waals surface area contributed by atoms with E-state index >= 15 is 0 Å². The standard InChI is InChI=1S/C19H23N3O4S2/c1-15(23)21-8-10-22(11-9-21)28(25,26)18-7-3-5-16(13-18)19(24)20(2)14-17-6-4-12-27-17/h3-7,12-13H,8-11,14H2,1-2H3. The number of benzene rings is 1. The second-order valence-electron chi connectivity index (χ2n) is 6.68. The molecule has 3 rings (SSSR count). The summed E-state index contributed by atoms with van der Waals surface area (Å²) in [6.07, 6.45) is 0. The number of sulfonamides is 1. The molecule has 1 fully saturated rings. The van der Waals surface area contributed by atoms with Crippen LogP contribution in [0.3, 0.4) is 0 Å². The average molecular weight is 422 g/mol. The Kier molecular flexibility index (Phi) is 6.17. The van der Waals surface area contributed by atoms with Gasteiger partial charge in [-0.05, 0) is 29.6 Å². The van der Waals surface area contributed by atoms with Crippen LogP contribution in [0.1, 0.15) is 22.2 Å². The highest BCUT2D eigenvalue weighted by Gasteiger charge is 2.29. The van der Waals surface area contributed by atoms with Crippen molar-refractivity contribution in [3.05, 3.63) is 52.2 Å². The third-order valence-corrected chi connectivity index (χ3v) is 7.48. The molecule has 150 valence electrons. The molecule has 0 bridgehead atoms. The van der Waals surface area contributed by atoms with E-state index in [-0.39, 0.29) is 29.8 Å². The molecule has 0 aliphatic carbocycles. The number of piperazine rings is 1. The summed E-state index contributed by atoms with van der Waals surface area (Å²) in [5.74, 6) is -0.287. The van der Waals surface area contributed by atoms with Crippen LogP contribution >= 0.6 is 11.3 Å². The lowest BCUT2D eigenvalue weighted by molar-refractivity contribution is -0.129. The van der Waals surface area contributed by atoms with E-state index in [1.807, 2.05) is 17.5 Å². The normalized spacial score (nSPS) is 15.4. The first kappa shape index (κ1) is 20.5. The lowest BCUT2D eigenvalue weighted by Gasteiger charge is -2.33. The maximum absolute atomic E-state index is 13.0. The fraction of sp³-hybridized carbons (Fsp3) is 0.368. The van der Waals surface area contributed by atoms with Crippen LogP contribution in [-0.2, 0) is 21.4 Å². The number of carbonyl (C=O) groups excluding carboxylic acids is 2. The molecule has 9 heteroatoms. The van der Waals surface area contributed by atoms with E-state index in [9.17, 15) is 18.0 Å². The summed E-state index contributed by atoms with van der Waals surface area (Å²) in [5, 5.41) is 1.95. The van der Waals surface area contributed by atoms with Crippen molar-refractivity contribution in [3.8, 4) is 0 Å². The van der Waals surface area contributed by atoms with Crippen LogP contribution in [0, 0.1) is 0 Å². The highest BCUT2D eigenvalue weighted by atomic mass is 32.2. The van der Waals surface area contributed by atoms with E-state index in [4.69, 9.17) is 0 Å². The molecule has 7 nitrogen and oxygen atoms in total. The Labute approximate surface area is 169 Å². The van der Waals surface area contributed by atoms with Crippen LogP contribution in [0.4, 0.5) is 0 Å². The summed E-state index contributed by atoms with van der Waals surface area (Å²) in [6, 6.07) is 10.0. The summed E-state index contributed by atoms with van der Waals surface area (Å²) in [5.41, 5.74) is 0.336. The van der Waals surface area contributed by atoms with Gasteiger partial charge in [-0.3, -0.25) is 9.59 Å². The minimum atomic E-state index is -3.72. The first-order chi connectivity index (χ1) is 13.3. The molecule has 0 N–H and O–H groups in total. The molecule has 0 saturated carbocycles. The Morgan fingerprint density at radius 2 is 1.82 bits per heavy atom. The van der Waals surface area contributed by atoms with Crippen LogP contribution < -0.4 is 0 Å². The van der Waals surface area contributed by atoms with Gasteiger partial charge in [-0.1, -0.05) is 12.1 Å². The first-order valence-electron chi connectivity index (χ1n) is 8.92. The second-order valence-corrected chi connectivity index (χ2v) is 9.65. The van der Waals surface area contributed by atoms with E-state index in [1.54, 1.807) is 40.3 Å². The number of thiophene rings is 1. The zero-order chi connectivity index (χ0) is 20.3. The van der Waals surface area contributed by atoms with Gasteiger partial charge in [0.05, 0.1) is 11.4 Å². The van der Waals surface area contributed by atoms with Crippen molar-refractivity contribution in [2.24, 2.45) is 0 Å². The van der Waals surface area contributed by atoms with Crippen LogP contribution in [0.2, 0.25) is 0 Å². The van der Waals surface area contributed by atoms with Crippen molar-refractivity contribution in [2.75, 3.05) is 33.2 Å². The van der Waals surface area contributed by atoms with Crippen molar-refractivity contribution >= 4 is 33.2 Å². The Balaban J connectivity index is 1.75. The van der Waals surface area contributed by atoms with Gasteiger partial charge >= 0.3 is 0 Å². The number of hydrogen-bond acceptors (Lipinski definition) is 5. The lowest BCUT2D eigenvalue weighted by Crippen LogP contribution is -2.49. The van der Waals surface area contributed by atoms with Crippen LogP contribution in [0.5, 0.6) is 0 Å². The molecular formula is C19H23N3O4S2. The fourth-order valence-corrected chi connectivity index (χ4v) is 5.34. The largest absolute Gasteiger partial charge is 0.340 e. The Morgan fingerprint density at radius 1 is 1.11 bits per heavy atom. The minimum absolute atomic E-state index is 0.0570. The number of nitrogens with zero attached hydrogens (tertiary/aromatic N) is 3. The monoisotopic (exact) mass is 421 g/mol. The van der Waals surface area contributed by atoms with Crippen LogP contribution in [-0.4, -0.2) is 67.6 Å². The molecule has 0 radical (unpaired) electrons. The van der Waals surface area contributed by atoms with Crippen LogP contribution in [0.25, 0.3) is 0 Å². The zero-order valence-corrected chi connectivity index (χ0v) is 17.5. The van der Waals surface area contributed by atoms with Crippen molar-refractivity contribution in [1.29, 1.82) is 0 Å². The van der Waals surface area contributed by atoms with Gasteiger partial charge in [0.25, 0.3) is 5.91 Å². The van der Waals surface area contributed by atoms with Gasteiger partial charge in [-0.25, -0.2) is 8.42 Å². The zero-order valence-electron chi connectivity index (χ0n) is 15.9. The Morgan fingerprint density at radius 3 is 2.43 bits per heavy atom. The van der Waals surface area contributed by atoms with Gasteiger partial charge in [0, 0.05) is 50.6 Å². The number of amides is 2. The number of rotatable bonds is 5. The van der Waals surface area contributed by atoms with Crippen LogP contribution in [0.15, 0.2) is 46.7 Å². The SMILES string of the molecule is CC(=O)N1CCN(S(=O)(=O)c2cccc(C(=O)N(C)Cc3cccs3)c2)CC1. The molecule has 2 heterocycles. The van der Waals surface area contributed by atoms with Gasteiger partial charge < -0.3 is 9.80 Å². The molecule has 2 amide bonds. The summed E-state index contributed by atoms with van der Waals surface area (Å²) in [7, 11) is -2.02. The van der Waals surface area contributed by atoms with E-state index in [1.165, 1.54) is 23.4 Å². The molecule has 28 heavy (non-hydrogen) atoms. The van der Waals surface area contributed by atoms with Crippen molar-refractivity contribution < 1.29 is 18.0 Å². The highest BCUT2D eigenvalue weighted by molar-refractivity contribution is 7.89. The van der Waals surface area contributed by atoms with Gasteiger partial charge in [0.1, 0.15) is 0 Å². The quantitative estimate of drug-likeness (QED) is 0.738. The topological polar surface area (TPSA) is 78.0 Å². The fourth-order valence-electron chi connectivity index (χ4n) is 3.11. The minimum Gasteiger partial charge on any atom is -0.340 e. The van der Waals surface area contributed by atoms with Crippen molar-refractivity contribution in [1.82, 2.24) is 14.1 Å². The lowest BCUT2D eigenvalue weighted by atomic mass is 10.2. The molecular weight excluding hydrogens is 398 g/mol. The van der Waals surface area contributed by atoms with Crippen molar-refractivity contribution in [3.63, 3.8) is 0 Å². The Hall–Kier alpha value is -2.23. The summed E-state index contributed by atoms with van der Waals surface area (Å²) in [4.78, 5) is 28.5. The highest BCUT2D eigenvalue weighted by Crippen LogP contribution is 2.20. The molecule has 1 aromatic heterocycles. The maximum Gasteiger partial charge on any atom is 0.253 e. The summed E-state index contributed by atoms with van der Waals surface area (Å²) < 4.78 is 27.3.